The lowest BCUT2D eigenvalue weighted by Gasteiger charge is -2.26. The SMILES string of the molecule is COc1ccc(C2/C(=C(/O)c3ccc([N+](=O)[O-])cc3)C(=O)C(=O)N2CCOCCO)cc1OC. The number of aliphatic hydroxyl groups is 2. The lowest BCUT2D eigenvalue weighted by molar-refractivity contribution is -0.384. The van der Waals surface area contributed by atoms with Crippen LogP contribution >= 0.6 is 0 Å². The van der Waals surface area contributed by atoms with Gasteiger partial charge in [-0.15, -0.1) is 0 Å². The van der Waals surface area contributed by atoms with Gasteiger partial charge in [-0.1, -0.05) is 6.07 Å². The summed E-state index contributed by atoms with van der Waals surface area (Å²) >= 11 is 0. The molecule has 1 atom stereocenters. The standard InChI is InChI=1S/C23H24N2O9/c1-32-17-8-5-15(13-18(17)33-2)20-19(21(27)14-3-6-16(7-4-14)25(30)31)22(28)23(29)24(20)9-11-34-12-10-26/h3-8,13,20,26-27H,9-12H2,1-2H3/b21-19-. The maximum absolute atomic E-state index is 13.0. The molecule has 1 aliphatic heterocycles. The van der Waals surface area contributed by atoms with Crippen LogP contribution in [0.15, 0.2) is 48.0 Å². The van der Waals surface area contributed by atoms with Crippen LogP contribution in [0.2, 0.25) is 0 Å². The van der Waals surface area contributed by atoms with Crippen LogP contribution in [-0.2, 0) is 14.3 Å². The molecular weight excluding hydrogens is 448 g/mol. The third-order valence-corrected chi connectivity index (χ3v) is 5.33. The summed E-state index contributed by atoms with van der Waals surface area (Å²) in [6, 6.07) is 8.87. The Morgan fingerprint density at radius 2 is 1.74 bits per heavy atom. The monoisotopic (exact) mass is 472 g/mol. The molecule has 0 bridgehead atoms. The maximum Gasteiger partial charge on any atom is 0.295 e. The van der Waals surface area contributed by atoms with Crippen LogP contribution in [0, 0.1) is 10.1 Å². The lowest BCUT2D eigenvalue weighted by Crippen LogP contribution is -2.33. The van der Waals surface area contributed by atoms with E-state index in [1.165, 1.54) is 43.4 Å². The van der Waals surface area contributed by atoms with Crippen LogP contribution < -0.4 is 9.47 Å². The average Bonchev–Trinajstić information content (AvgIpc) is 3.10. The topological polar surface area (TPSA) is 149 Å². The summed E-state index contributed by atoms with van der Waals surface area (Å²) in [7, 11) is 2.91. The third kappa shape index (κ3) is 4.85. The lowest BCUT2D eigenvalue weighted by atomic mass is 9.95. The Kier molecular flexibility index (Phi) is 7.82. The fraction of sp³-hybridized carbons (Fsp3) is 0.304. The minimum absolute atomic E-state index is 0.0145. The van der Waals surface area contributed by atoms with Crippen molar-refractivity contribution in [3.63, 3.8) is 0 Å². The van der Waals surface area contributed by atoms with Gasteiger partial charge in [-0.05, 0) is 29.8 Å². The van der Waals surface area contributed by atoms with Gasteiger partial charge in [0, 0.05) is 24.2 Å². The first-order chi connectivity index (χ1) is 16.3. The number of ether oxygens (including phenoxy) is 3. The number of hydrogen-bond acceptors (Lipinski definition) is 9. The molecule has 0 radical (unpaired) electrons. The highest BCUT2D eigenvalue weighted by Crippen LogP contribution is 2.41. The molecule has 1 saturated heterocycles. The highest BCUT2D eigenvalue weighted by Gasteiger charge is 2.46. The highest BCUT2D eigenvalue weighted by molar-refractivity contribution is 6.46. The number of amides is 1. The zero-order valence-electron chi connectivity index (χ0n) is 18.6. The van der Waals surface area contributed by atoms with Gasteiger partial charge in [0.15, 0.2) is 11.5 Å². The summed E-state index contributed by atoms with van der Waals surface area (Å²) in [6.07, 6.45) is 0. The number of non-ortho nitro benzene ring substituents is 1. The Morgan fingerprint density at radius 1 is 1.06 bits per heavy atom. The van der Waals surface area contributed by atoms with E-state index in [0.717, 1.165) is 0 Å². The number of likely N-dealkylation sites (tertiary alicyclic amines) is 1. The number of carbonyl (C=O) groups excluding carboxylic acids is 2. The number of nitro groups is 1. The number of benzene rings is 2. The summed E-state index contributed by atoms with van der Waals surface area (Å²) in [5.74, 6) is -1.41. The largest absolute Gasteiger partial charge is 0.507 e. The molecule has 11 nitrogen and oxygen atoms in total. The van der Waals surface area contributed by atoms with Crippen LogP contribution in [0.1, 0.15) is 17.2 Å². The maximum atomic E-state index is 13.0. The molecule has 0 spiro atoms. The Labute approximate surface area is 194 Å². The molecule has 0 saturated carbocycles. The van der Waals surface area contributed by atoms with Crippen molar-refractivity contribution in [3.05, 3.63) is 69.3 Å². The van der Waals surface area contributed by atoms with Crippen molar-refractivity contribution in [3.8, 4) is 11.5 Å². The molecule has 2 aromatic rings. The second kappa shape index (κ2) is 10.8. The van der Waals surface area contributed by atoms with Gasteiger partial charge in [-0.25, -0.2) is 0 Å². The van der Waals surface area contributed by atoms with Gasteiger partial charge in [0.25, 0.3) is 17.4 Å². The molecule has 0 aromatic heterocycles. The smallest absolute Gasteiger partial charge is 0.295 e. The van der Waals surface area contributed by atoms with Crippen molar-refractivity contribution < 1.29 is 38.9 Å². The van der Waals surface area contributed by atoms with Gasteiger partial charge in [0.05, 0.1) is 50.6 Å². The predicted molar refractivity (Wildman–Crippen MR) is 120 cm³/mol. The van der Waals surface area contributed by atoms with E-state index in [1.807, 2.05) is 0 Å². The van der Waals surface area contributed by atoms with E-state index in [-0.39, 0.29) is 43.2 Å². The summed E-state index contributed by atoms with van der Waals surface area (Å²) < 4.78 is 15.9. The van der Waals surface area contributed by atoms with Crippen molar-refractivity contribution in [1.29, 1.82) is 0 Å². The molecule has 1 aliphatic rings. The first-order valence-electron chi connectivity index (χ1n) is 10.3. The number of nitrogens with zero attached hydrogens (tertiary/aromatic N) is 2. The van der Waals surface area contributed by atoms with Crippen LogP contribution in [0.5, 0.6) is 11.5 Å². The van der Waals surface area contributed by atoms with Crippen molar-refractivity contribution in [2.75, 3.05) is 40.6 Å². The number of nitro benzene ring substituents is 1. The number of aliphatic hydroxyl groups excluding tert-OH is 2. The van der Waals surface area contributed by atoms with E-state index in [1.54, 1.807) is 18.2 Å². The van der Waals surface area contributed by atoms with Gasteiger partial charge in [-0.3, -0.25) is 19.7 Å². The molecule has 2 N–H and O–H groups in total. The fourth-order valence-corrected chi connectivity index (χ4v) is 3.71. The number of rotatable bonds is 10. The van der Waals surface area contributed by atoms with E-state index in [9.17, 15) is 24.8 Å². The Hall–Kier alpha value is -3.96. The normalized spacial score (nSPS) is 17.1. The molecule has 1 unspecified atom stereocenters. The van der Waals surface area contributed by atoms with Crippen LogP contribution in [0.4, 0.5) is 5.69 Å². The molecule has 180 valence electrons. The zero-order chi connectivity index (χ0) is 24.8. The summed E-state index contributed by atoms with van der Waals surface area (Å²) in [5, 5.41) is 30.9. The van der Waals surface area contributed by atoms with Crippen molar-refractivity contribution >= 4 is 23.1 Å². The van der Waals surface area contributed by atoms with Crippen molar-refractivity contribution in [1.82, 2.24) is 4.90 Å². The fourth-order valence-electron chi connectivity index (χ4n) is 3.71. The summed E-state index contributed by atoms with van der Waals surface area (Å²) in [6.45, 7) is -0.0681. The molecule has 11 heteroatoms. The minimum atomic E-state index is -0.979. The molecule has 1 fully saturated rings. The molecule has 1 amide bonds. The number of Topliss-reactive ketones (excluding diaryl/α,β-unsaturated/α-hetero) is 1. The number of carbonyl (C=O) groups is 2. The van der Waals surface area contributed by atoms with Gasteiger partial charge < -0.3 is 29.3 Å². The van der Waals surface area contributed by atoms with Gasteiger partial charge in [0.1, 0.15) is 5.76 Å². The molecule has 2 aromatic carbocycles. The number of ketones is 1. The van der Waals surface area contributed by atoms with E-state index in [4.69, 9.17) is 19.3 Å². The Balaban J connectivity index is 2.11. The van der Waals surface area contributed by atoms with E-state index in [2.05, 4.69) is 0 Å². The summed E-state index contributed by atoms with van der Waals surface area (Å²) in [5.41, 5.74) is 0.260. The molecule has 0 aliphatic carbocycles. The zero-order valence-corrected chi connectivity index (χ0v) is 18.6. The first kappa shape index (κ1) is 24.7. The molecule has 34 heavy (non-hydrogen) atoms. The minimum Gasteiger partial charge on any atom is -0.507 e. The van der Waals surface area contributed by atoms with Crippen LogP contribution in [0.3, 0.4) is 0 Å². The van der Waals surface area contributed by atoms with E-state index >= 15 is 0 Å². The number of hydrogen-bond donors (Lipinski definition) is 2. The van der Waals surface area contributed by atoms with Gasteiger partial charge in [-0.2, -0.15) is 0 Å². The Morgan fingerprint density at radius 3 is 2.32 bits per heavy atom. The molecular formula is C23H24N2O9. The quantitative estimate of drug-likeness (QED) is 0.132. The highest BCUT2D eigenvalue weighted by atomic mass is 16.6. The van der Waals surface area contributed by atoms with Crippen molar-refractivity contribution in [2.45, 2.75) is 6.04 Å². The molecule has 3 rings (SSSR count). The van der Waals surface area contributed by atoms with Gasteiger partial charge in [0.2, 0.25) is 0 Å². The molecule has 1 heterocycles. The third-order valence-electron chi connectivity index (χ3n) is 5.33. The second-order valence-electron chi connectivity index (χ2n) is 7.25. The summed E-state index contributed by atoms with van der Waals surface area (Å²) in [4.78, 5) is 37.5. The van der Waals surface area contributed by atoms with Crippen LogP contribution in [-0.4, -0.2) is 72.3 Å². The van der Waals surface area contributed by atoms with Crippen LogP contribution in [0.25, 0.3) is 5.76 Å². The average molecular weight is 472 g/mol. The van der Waals surface area contributed by atoms with Crippen molar-refractivity contribution in [2.24, 2.45) is 0 Å². The first-order valence-corrected chi connectivity index (χ1v) is 10.3. The predicted octanol–water partition coefficient (Wildman–Crippen LogP) is 2.04. The van der Waals surface area contributed by atoms with E-state index in [0.29, 0.717) is 17.1 Å². The Bertz CT molecular complexity index is 1110. The van der Waals surface area contributed by atoms with Gasteiger partial charge >= 0.3 is 0 Å². The number of methoxy groups -OCH3 is 2. The van der Waals surface area contributed by atoms with E-state index < -0.39 is 28.4 Å². The second-order valence-corrected chi connectivity index (χ2v) is 7.25.